The summed E-state index contributed by atoms with van der Waals surface area (Å²) in [5, 5.41) is 7.06. The maximum absolute atomic E-state index is 12.9. The number of carbonyl (C=O) groups excluding carboxylic acids is 2. The van der Waals surface area contributed by atoms with Crippen molar-refractivity contribution in [2.24, 2.45) is 0 Å². The quantitative estimate of drug-likeness (QED) is 0.610. The first-order chi connectivity index (χ1) is 13.2. The number of nitrogens with zero attached hydrogens (tertiary/aromatic N) is 1. The number of rotatable bonds is 4. The summed E-state index contributed by atoms with van der Waals surface area (Å²) in [6.45, 7) is 9.66. The SMILES string of the molecule is Cc1cc(C)c2c(C)c(C(=O)Nc3cc(C(=O)NC(C)C)ccc3Cl)sc2n1. The third kappa shape index (κ3) is 4.03. The highest BCUT2D eigenvalue weighted by molar-refractivity contribution is 7.20. The van der Waals surface area contributed by atoms with Crippen molar-refractivity contribution in [3.05, 3.63) is 56.5 Å². The van der Waals surface area contributed by atoms with Crippen LogP contribution in [0.4, 0.5) is 5.69 Å². The van der Waals surface area contributed by atoms with Gasteiger partial charge in [0, 0.05) is 22.7 Å². The molecule has 2 aromatic heterocycles. The smallest absolute Gasteiger partial charge is 0.266 e. The zero-order valence-electron chi connectivity index (χ0n) is 16.4. The lowest BCUT2D eigenvalue weighted by Gasteiger charge is -2.11. The van der Waals surface area contributed by atoms with Gasteiger partial charge in [0.05, 0.1) is 15.6 Å². The number of aromatic nitrogens is 1. The van der Waals surface area contributed by atoms with Crippen molar-refractivity contribution < 1.29 is 9.59 Å². The van der Waals surface area contributed by atoms with E-state index < -0.39 is 0 Å². The molecular weight excluding hydrogens is 394 g/mol. The molecule has 0 unspecified atom stereocenters. The molecule has 2 heterocycles. The van der Waals surface area contributed by atoms with Crippen LogP contribution in [0.1, 0.15) is 50.7 Å². The molecule has 0 aliphatic heterocycles. The van der Waals surface area contributed by atoms with Crippen LogP contribution in [0.15, 0.2) is 24.3 Å². The largest absolute Gasteiger partial charge is 0.350 e. The molecule has 1 aromatic carbocycles. The molecule has 0 saturated carbocycles. The van der Waals surface area contributed by atoms with Crippen molar-refractivity contribution >= 4 is 50.7 Å². The van der Waals surface area contributed by atoms with E-state index in [1.165, 1.54) is 11.3 Å². The Labute approximate surface area is 173 Å². The topological polar surface area (TPSA) is 71.1 Å². The van der Waals surface area contributed by atoms with Crippen LogP contribution in [-0.2, 0) is 0 Å². The molecule has 7 heteroatoms. The van der Waals surface area contributed by atoms with Crippen LogP contribution >= 0.6 is 22.9 Å². The van der Waals surface area contributed by atoms with Gasteiger partial charge in [0.2, 0.25) is 0 Å². The third-order valence-electron chi connectivity index (χ3n) is 4.33. The van der Waals surface area contributed by atoms with Crippen molar-refractivity contribution in [3.8, 4) is 0 Å². The van der Waals surface area contributed by atoms with E-state index >= 15 is 0 Å². The van der Waals surface area contributed by atoms with Crippen molar-refractivity contribution in [1.82, 2.24) is 10.3 Å². The minimum absolute atomic E-state index is 0.0154. The van der Waals surface area contributed by atoms with E-state index in [1.54, 1.807) is 18.2 Å². The van der Waals surface area contributed by atoms with Crippen LogP contribution in [-0.4, -0.2) is 22.8 Å². The molecule has 5 nitrogen and oxygen atoms in total. The second kappa shape index (κ2) is 7.89. The predicted octanol–water partition coefficient (Wildman–Crippen LogP) is 5.27. The lowest BCUT2D eigenvalue weighted by Crippen LogP contribution is -2.30. The summed E-state index contributed by atoms with van der Waals surface area (Å²) < 4.78 is 0. The minimum atomic E-state index is -0.263. The molecule has 0 bridgehead atoms. The molecule has 0 atom stereocenters. The number of amides is 2. The van der Waals surface area contributed by atoms with E-state index in [2.05, 4.69) is 15.6 Å². The fourth-order valence-corrected chi connectivity index (χ4v) is 4.49. The maximum Gasteiger partial charge on any atom is 0.266 e. The molecule has 0 aliphatic carbocycles. The van der Waals surface area contributed by atoms with Gasteiger partial charge in [-0.1, -0.05) is 11.6 Å². The highest BCUT2D eigenvalue weighted by Crippen LogP contribution is 2.33. The van der Waals surface area contributed by atoms with Gasteiger partial charge in [-0.3, -0.25) is 9.59 Å². The summed E-state index contributed by atoms with van der Waals surface area (Å²) in [5.74, 6) is -0.476. The van der Waals surface area contributed by atoms with Crippen LogP contribution in [0.3, 0.4) is 0 Å². The van der Waals surface area contributed by atoms with Gasteiger partial charge in [0.1, 0.15) is 4.83 Å². The summed E-state index contributed by atoms with van der Waals surface area (Å²) in [5.41, 5.74) is 3.76. The molecule has 0 saturated heterocycles. The van der Waals surface area contributed by atoms with Gasteiger partial charge in [-0.2, -0.15) is 0 Å². The number of thiophene rings is 1. The lowest BCUT2D eigenvalue weighted by atomic mass is 10.1. The molecule has 0 aliphatic rings. The summed E-state index contributed by atoms with van der Waals surface area (Å²) in [4.78, 5) is 31.1. The molecule has 2 amide bonds. The molecular formula is C21H22ClN3O2S. The van der Waals surface area contributed by atoms with E-state index in [-0.39, 0.29) is 17.9 Å². The van der Waals surface area contributed by atoms with E-state index in [0.717, 1.165) is 27.0 Å². The molecule has 3 rings (SSSR count). The first-order valence-corrected chi connectivity index (χ1v) is 10.2. The van der Waals surface area contributed by atoms with Crippen LogP contribution in [0.2, 0.25) is 5.02 Å². The average Bonchev–Trinajstić information content (AvgIpc) is 2.92. The molecule has 2 N–H and O–H groups in total. The number of anilines is 1. The Morgan fingerprint density at radius 1 is 1.11 bits per heavy atom. The molecule has 3 aromatic rings. The van der Waals surface area contributed by atoms with Gasteiger partial charge in [0.15, 0.2) is 0 Å². The number of benzene rings is 1. The number of hydrogen-bond donors (Lipinski definition) is 2. The van der Waals surface area contributed by atoms with E-state index in [4.69, 9.17) is 11.6 Å². The first kappa shape index (κ1) is 20.3. The van der Waals surface area contributed by atoms with E-state index in [1.807, 2.05) is 40.7 Å². The van der Waals surface area contributed by atoms with Gasteiger partial charge in [0.25, 0.3) is 11.8 Å². The van der Waals surface area contributed by atoms with Crippen LogP contribution in [0.25, 0.3) is 10.2 Å². The van der Waals surface area contributed by atoms with Gasteiger partial charge in [-0.15, -0.1) is 11.3 Å². The zero-order valence-corrected chi connectivity index (χ0v) is 18.0. The molecule has 0 spiro atoms. The van der Waals surface area contributed by atoms with Crippen LogP contribution in [0, 0.1) is 20.8 Å². The Balaban J connectivity index is 1.93. The minimum Gasteiger partial charge on any atom is -0.350 e. The Hall–Kier alpha value is -2.44. The fourth-order valence-electron chi connectivity index (χ4n) is 3.12. The second-order valence-electron chi connectivity index (χ2n) is 7.09. The number of nitrogens with one attached hydrogen (secondary N) is 2. The monoisotopic (exact) mass is 415 g/mol. The van der Waals surface area contributed by atoms with Gasteiger partial charge < -0.3 is 10.6 Å². The highest BCUT2D eigenvalue weighted by atomic mass is 35.5. The summed E-state index contributed by atoms with van der Waals surface area (Å²) in [7, 11) is 0. The van der Waals surface area contributed by atoms with Crippen LogP contribution in [0.5, 0.6) is 0 Å². The standard InChI is InChI=1S/C21H22ClN3O2S/c1-10(2)23-19(26)14-6-7-15(22)16(9-14)25-20(27)18-13(5)17-11(3)8-12(4)24-21(17)28-18/h6-10H,1-5H3,(H,23,26)(H,25,27). The normalized spacial score (nSPS) is 11.1. The molecule has 0 radical (unpaired) electrons. The summed E-state index contributed by atoms with van der Waals surface area (Å²) >= 11 is 7.61. The molecule has 146 valence electrons. The number of carbonyl (C=O) groups is 2. The number of pyridine rings is 1. The highest BCUT2D eigenvalue weighted by Gasteiger charge is 2.19. The van der Waals surface area contributed by atoms with Crippen molar-refractivity contribution in [2.75, 3.05) is 5.32 Å². The van der Waals surface area contributed by atoms with E-state index in [9.17, 15) is 9.59 Å². The fraction of sp³-hybridized carbons (Fsp3) is 0.286. The Morgan fingerprint density at radius 3 is 2.50 bits per heavy atom. The number of hydrogen-bond acceptors (Lipinski definition) is 4. The number of fused-ring (bicyclic) bond motifs is 1. The van der Waals surface area contributed by atoms with Gasteiger partial charge in [-0.05, 0) is 70.0 Å². The Kier molecular flexibility index (Phi) is 5.72. The maximum atomic E-state index is 12.9. The average molecular weight is 416 g/mol. The van der Waals surface area contributed by atoms with Crippen LogP contribution < -0.4 is 10.6 Å². The first-order valence-electron chi connectivity index (χ1n) is 8.96. The molecule has 0 fully saturated rings. The van der Waals surface area contributed by atoms with Crippen molar-refractivity contribution in [3.63, 3.8) is 0 Å². The Bertz CT molecular complexity index is 1090. The summed E-state index contributed by atoms with van der Waals surface area (Å²) in [6, 6.07) is 6.86. The zero-order chi connectivity index (χ0) is 20.6. The van der Waals surface area contributed by atoms with Crippen molar-refractivity contribution in [1.29, 1.82) is 0 Å². The third-order valence-corrected chi connectivity index (χ3v) is 5.84. The van der Waals surface area contributed by atoms with E-state index in [0.29, 0.717) is 21.2 Å². The number of halogens is 1. The Morgan fingerprint density at radius 2 is 1.82 bits per heavy atom. The molecule has 28 heavy (non-hydrogen) atoms. The van der Waals surface area contributed by atoms with Gasteiger partial charge >= 0.3 is 0 Å². The van der Waals surface area contributed by atoms with Crippen molar-refractivity contribution in [2.45, 2.75) is 40.7 Å². The predicted molar refractivity (Wildman–Crippen MR) is 116 cm³/mol. The van der Waals surface area contributed by atoms with Gasteiger partial charge in [-0.25, -0.2) is 4.98 Å². The lowest BCUT2D eigenvalue weighted by molar-refractivity contribution is 0.0942. The second-order valence-corrected chi connectivity index (χ2v) is 8.50. The number of aryl methyl sites for hydroxylation is 3. The summed E-state index contributed by atoms with van der Waals surface area (Å²) in [6.07, 6.45) is 0.